The second-order valence-corrected chi connectivity index (χ2v) is 11.6. The SMILES string of the molecule is COc1nc(-c2cccc(-c3cccc(NC(=O)c4c(C)cn[nH]c4=O)c3C)c2Cl)cc2c1[C@@H](NC[C@@H]1CCC(=O)N1)CC2. The molecule has 0 bridgehead atoms. The third kappa shape index (κ3) is 5.58. The first-order chi connectivity index (χ1) is 21.2. The first-order valence-corrected chi connectivity index (χ1v) is 15.0. The van der Waals surface area contributed by atoms with Gasteiger partial charge in [0.2, 0.25) is 11.8 Å². The van der Waals surface area contributed by atoms with Crippen LogP contribution in [0.1, 0.15) is 57.9 Å². The van der Waals surface area contributed by atoms with E-state index in [-0.39, 0.29) is 23.6 Å². The first kappa shape index (κ1) is 29.5. The van der Waals surface area contributed by atoms with E-state index in [9.17, 15) is 14.4 Å². The number of aryl methyl sites for hydroxylation is 2. The molecule has 4 N–H and O–H groups in total. The molecule has 1 fully saturated rings. The zero-order chi connectivity index (χ0) is 31.0. The average Bonchev–Trinajstić information content (AvgIpc) is 3.62. The smallest absolute Gasteiger partial charge is 0.277 e. The number of ether oxygens (including phenoxy) is 1. The molecule has 0 unspecified atom stereocenters. The quantitative estimate of drug-likeness (QED) is 0.222. The lowest BCUT2D eigenvalue weighted by atomic mass is 9.96. The molecule has 0 spiro atoms. The molecule has 2 atom stereocenters. The summed E-state index contributed by atoms with van der Waals surface area (Å²) in [6, 6.07) is 13.7. The summed E-state index contributed by atoms with van der Waals surface area (Å²) in [5, 5.41) is 16.1. The molecule has 6 rings (SSSR count). The van der Waals surface area contributed by atoms with Gasteiger partial charge in [0.25, 0.3) is 11.5 Å². The van der Waals surface area contributed by atoms with E-state index in [1.807, 2.05) is 37.3 Å². The lowest BCUT2D eigenvalue weighted by molar-refractivity contribution is -0.119. The number of H-pyrrole nitrogens is 1. The second kappa shape index (κ2) is 12.2. The Labute approximate surface area is 259 Å². The number of fused-ring (bicyclic) bond motifs is 1. The van der Waals surface area contributed by atoms with Crippen LogP contribution in [-0.2, 0) is 11.2 Å². The second-order valence-electron chi connectivity index (χ2n) is 11.2. The van der Waals surface area contributed by atoms with Crippen molar-refractivity contribution >= 4 is 29.1 Å². The maximum Gasteiger partial charge on any atom is 0.277 e. The highest BCUT2D eigenvalue weighted by Gasteiger charge is 2.30. The zero-order valence-electron chi connectivity index (χ0n) is 24.7. The van der Waals surface area contributed by atoms with E-state index in [1.165, 1.54) is 6.20 Å². The highest BCUT2D eigenvalue weighted by molar-refractivity contribution is 6.36. The summed E-state index contributed by atoms with van der Waals surface area (Å²) >= 11 is 7.09. The van der Waals surface area contributed by atoms with Gasteiger partial charge in [0, 0.05) is 47.4 Å². The molecule has 2 aromatic heterocycles. The fourth-order valence-electron chi connectivity index (χ4n) is 6.17. The van der Waals surface area contributed by atoms with E-state index in [4.69, 9.17) is 21.3 Å². The highest BCUT2D eigenvalue weighted by Crippen LogP contribution is 2.43. The van der Waals surface area contributed by atoms with E-state index in [0.29, 0.717) is 40.8 Å². The van der Waals surface area contributed by atoms with Gasteiger partial charge in [0.05, 0.1) is 24.0 Å². The van der Waals surface area contributed by atoms with Crippen LogP contribution in [0.5, 0.6) is 5.88 Å². The van der Waals surface area contributed by atoms with Gasteiger partial charge >= 0.3 is 0 Å². The van der Waals surface area contributed by atoms with E-state index in [1.54, 1.807) is 20.1 Å². The normalized spacial score (nSPS) is 17.3. The van der Waals surface area contributed by atoms with Crippen LogP contribution >= 0.6 is 11.6 Å². The van der Waals surface area contributed by atoms with Crippen LogP contribution in [0.25, 0.3) is 22.4 Å². The monoisotopic (exact) mass is 612 g/mol. The third-order valence-corrected chi connectivity index (χ3v) is 8.88. The Bertz CT molecular complexity index is 1840. The summed E-state index contributed by atoms with van der Waals surface area (Å²) < 4.78 is 5.79. The number of benzene rings is 2. The van der Waals surface area contributed by atoms with Crippen molar-refractivity contribution in [1.29, 1.82) is 0 Å². The van der Waals surface area contributed by atoms with Crippen molar-refractivity contribution in [2.75, 3.05) is 19.0 Å². The van der Waals surface area contributed by atoms with Gasteiger partial charge in [-0.05, 0) is 67.5 Å². The minimum absolute atomic E-state index is 0.0178. The molecule has 2 aliphatic rings. The number of halogens is 1. The van der Waals surface area contributed by atoms with Gasteiger partial charge in [-0.2, -0.15) is 5.10 Å². The van der Waals surface area contributed by atoms with Crippen LogP contribution in [0.4, 0.5) is 5.69 Å². The molecule has 2 amide bonds. The predicted molar refractivity (Wildman–Crippen MR) is 169 cm³/mol. The van der Waals surface area contributed by atoms with E-state index in [2.05, 4.69) is 32.2 Å². The van der Waals surface area contributed by atoms with Crippen molar-refractivity contribution in [3.63, 3.8) is 0 Å². The van der Waals surface area contributed by atoms with Crippen molar-refractivity contribution in [3.05, 3.63) is 91.9 Å². The topological polar surface area (TPSA) is 138 Å². The molecular weight excluding hydrogens is 580 g/mol. The Hall–Kier alpha value is -4.54. The maximum absolute atomic E-state index is 13.0. The number of nitrogens with zero attached hydrogens (tertiary/aromatic N) is 2. The van der Waals surface area contributed by atoms with Crippen LogP contribution in [0, 0.1) is 13.8 Å². The van der Waals surface area contributed by atoms with Gasteiger partial charge in [-0.25, -0.2) is 10.1 Å². The molecular formula is C33H33ClN6O4. The lowest BCUT2D eigenvalue weighted by Gasteiger charge is -2.20. The number of carbonyl (C=O) groups is 2. The number of pyridine rings is 1. The molecule has 3 heterocycles. The minimum Gasteiger partial charge on any atom is -0.481 e. The van der Waals surface area contributed by atoms with Gasteiger partial charge in [-0.15, -0.1) is 0 Å². The predicted octanol–water partition coefficient (Wildman–Crippen LogP) is 4.89. The number of rotatable bonds is 8. The number of anilines is 1. The summed E-state index contributed by atoms with van der Waals surface area (Å²) in [6.07, 6.45) is 4.64. The number of carbonyl (C=O) groups excluding carboxylic acids is 2. The van der Waals surface area contributed by atoms with Crippen LogP contribution in [0.2, 0.25) is 5.02 Å². The van der Waals surface area contributed by atoms with Crippen molar-refractivity contribution in [2.45, 2.75) is 51.6 Å². The van der Waals surface area contributed by atoms with Gasteiger partial charge in [0.1, 0.15) is 5.56 Å². The Balaban J connectivity index is 1.29. The summed E-state index contributed by atoms with van der Waals surface area (Å²) in [5.74, 6) is 0.156. The number of nitrogens with one attached hydrogen (secondary N) is 4. The molecule has 44 heavy (non-hydrogen) atoms. The molecule has 11 heteroatoms. The number of aromatic amines is 1. The molecule has 226 valence electrons. The molecule has 2 aromatic carbocycles. The van der Waals surface area contributed by atoms with Crippen LogP contribution in [0.15, 0.2) is 53.5 Å². The first-order valence-electron chi connectivity index (χ1n) is 14.6. The van der Waals surface area contributed by atoms with Crippen LogP contribution in [0.3, 0.4) is 0 Å². The summed E-state index contributed by atoms with van der Waals surface area (Å²) in [5.41, 5.74) is 6.64. The van der Waals surface area contributed by atoms with Gasteiger partial charge in [-0.1, -0.05) is 41.9 Å². The van der Waals surface area contributed by atoms with E-state index < -0.39 is 11.5 Å². The molecule has 1 aliphatic heterocycles. The van der Waals surface area contributed by atoms with Crippen molar-refractivity contribution < 1.29 is 14.3 Å². The molecule has 0 saturated carbocycles. The molecule has 1 aliphatic carbocycles. The largest absolute Gasteiger partial charge is 0.481 e. The molecule has 1 saturated heterocycles. The summed E-state index contributed by atoms with van der Waals surface area (Å²) in [6.45, 7) is 4.27. The Morgan fingerprint density at radius 3 is 2.59 bits per heavy atom. The number of hydrogen-bond donors (Lipinski definition) is 4. The average molecular weight is 613 g/mol. The van der Waals surface area contributed by atoms with Crippen LogP contribution < -0.4 is 26.2 Å². The number of aromatic nitrogens is 3. The Morgan fingerprint density at radius 1 is 1.07 bits per heavy atom. The van der Waals surface area contributed by atoms with E-state index >= 15 is 0 Å². The highest BCUT2D eigenvalue weighted by atomic mass is 35.5. The lowest BCUT2D eigenvalue weighted by Crippen LogP contribution is -2.36. The summed E-state index contributed by atoms with van der Waals surface area (Å²) in [4.78, 5) is 41.8. The Kier molecular flexibility index (Phi) is 8.20. The van der Waals surface area contributed by atoms with Crippen molar-refractivity contribution in [1.82, 2.24) is 25.8 Å². The van der Waals surface area contributed by atoms with Crippen LogP contribution in [-0.4, -0.2) is 46.7 Å². The van der Waals surface area contributed by atoms with Gasteiger partial charge in [0.15, 0.2) is 0 Å². The van der Waals surface area contributed by atoms with Crippen molar-refractivity contribution in [3.8, 4) is 28.3 Å². The number of hydrogen-bond acceptors (Lipinski definition) is 7. The maximum atomic E-state index is 13.0. The van der Waals surface area contributed by atoms with E-state index in [0.717, 1.165) is 52.6 Å². The minimum atomic E-state index is -0.547. The Morgan fingerprint density at radius 2 is 1.84 bits per heavy atom. The van der Waals surface area contributed by atoms with Gasteiger partial charge < -0.3 is 20.7 Å². The fraction of sp³-hybridized carbons (Fsp3) is 0.303. The molecule has 0 radical (unpaired) electrons. The van der Waals surface area contributed by atoms with Gasteiger partial charge in [-0.3, -0.25) is 14.4 Å². The molecule has 4 aromatic rings. The number of amides is 2. The third-order valence-electron chi connectivity index (χ3n) is 8.47. The summed E-state index contributed by atoms with van der Waals surface area (Å²) in [7, 11) is 1.63. The molecule has 10 nitrogen and oxygen atoms in total. The standard InChI is InChI=1S/C33H33ClN6O4/c1-17-15-36-40-32(43)28(17)31(42)38-24-9-5-6-21(18(24)2)22-7-4-8-23(30(22)34)26-14-19-10-12-25(29(19)33(39-26)44-3)35-16-20-11-13-27(41)37-20/h4-9,14-15,20,25,35H,10-13,16H2,1-3H3,(H,37,41)(H,38,42)(H,40,43)/t20-,25-/m0/s1. The number of methoxy groups -OCH3 is 1. The van der Waals surface area contributed by atoms with Crippen molar-refractivity contribution in [2.24, 2.45) is 0 Å². The fourth-order valence-corrected chi connectivity index (χ4v) is 6.50. The zero-order valence-corrected chi connectivity index (χ0v) is 25.5.